The Morgan fingerprint density at radius 2 is 2.11 bits per heavy atom. The second-order valence-corrected chi connectivity index (χ2v) is 6.34. The lowest BCUT2D eigenvalue weighted by atomic mass is 9.90. The van der Waals surface area contributed by atoms with E-state index >= 15 is 0 Å². The first-order valence-electron chi connectivity index (χ1n) is 5.74. The molecule has 0 bridgehead atoms. The van der Waals surface area contributed by atoms with Gasteiger partial charge in [0.1, 0.15) is 5.65 Å². The molecule has 18 heavy (non-hydrogen) atoms. The largest absolute Gasteiger partial charge is 0.393 e. The average Bonchev–Trinajstić information content (AvgIpc) is 2.56. The van der Waals surface area contributed by atoms with Gasteiger partial charge in [0.2, 0.25) is 0 Å². The van der Waals surface area contributed by atoms with Gasteiger partial charge in [0.25, 0.3) is 0 Å². The molecule has 0 saturated heterocycles. The topological polar surface area (TPSA) is 43.3 Å². The van der Waals surface area contributed by atoms with E-state index in [1.54, 1.807) is 0 Å². The first-order chi connectivity index (χ1) is 8.29. The summed E-state index contributed by atoms with van der Waals surface area (Å²) in [5.41, 5.74) is 8.53. The van der Waals surface area contributed by atoms with E-state index in [-0.39, 0.29) is 5.41 Å². The number of imidazole rings is 1. The van der Waals surface area contributed by atoms with E-state index in [4.69, 9.17) is 29.6 Å². The van der Waals surface area contributed by atoms with Crippen LogP contribution in [0.1, 0.15) is 32.2 Å². The van der Waals surface area contributed by atoms with Crippen molar-refractivity contribution in [1.29, 1.82) is 0 Å². The maximum Gasteiger partial charge on any atom is 0.137 e. The zero-order chi connectivity index (χ0) is 13.5. The Hall–Kier alpha value is -1.13. The van der Waals surface area contributed by atoms with Gasteiger partial charge in [-0.2, -0.15) is 0 Å². The molecule has 5 heteroatoms. The molecule has 2 heterocycles. The van der Waals surface area contributed by atoms with Crippen LogP contribution in [0.2, 0.25) is 5.02 Å². The smallest absolute Gasteiger partial charge is 0.137 e. The fourth-order valence-electron chi connectivity index (χ4n) is 2.00. The van der Waals surface area contributed by atoms with Crippen LogP contribution in [-0.2, 0) is 11.8 Å². The highest BCUT2D eigenvalue weighted by Gasteiger charge is 2.24. The van der Waals surface area contributed by atoms with Gasteiger partial charge in [-0.3, -0.25) is 0 Å². The Labute approximate surface area is 117 Å². The molecule has 2 aromatic heterocycles. The number of thiocarbonyl (C=S) groups is 1. The summed E-state index contributed by atoms with van der Waals surface area (Å²) in [7, 11) is 0. The van der Waals surface area contributed by atoms with Crippen LogP contribution in [0.4, 0.5) is 0 Å². The van der Waals surface area contributed by atoms with Crippen molar-refractivity contribution in [3.63, 3.8) is 0 Å². The van der Waals surface area contributed by atoms with Gasteiger partial charge < -0.3 is 10.1 Å². The molecule has 0 spiro atoms. The monoisotopic (exact) mass is 281 g/mol. The number of pyridine rings is 1. The van der Waals surface area contributed by atoms with Crippen LogP contribution in [0.15, 0.2) is 18.3 Å². The van der Waals surface area contributed by atoms with Gasteiger partial charge in [0, 0.05) is 18.0 Å². The second kappa shape index (κ2) is 4.52. The number of hydrogen-bond donors (Lipinski definition) is 1. The van der Waals surface area contributed by atoms with Crippen molar-refractivity contribution in [2.24, 2.45) is 5.73 Å². The molecule has 0 saturated carbocycles. The molecule has 0 aliphatic heterocycles. The van der Waals surface area contributed by atoms with E-state index in [0.717, 1.165) is 17.0 Å². The summed E-state index contributed by atoms with van der Waals surface area (Å²) >= 11 is 11.1. The Morgan fingerprint density at radius 1 is 1.44 bits per heavy atom. The highest BCUT2D eigenvalue weighted by molar-refractivity contribution is 7.80. The van der Waals surface area contributed by atoms with E-state index < -0.39 is 0 Å². The number of aromatic nitrogens is 2. The molecule has 0 radical (unpaired) electrons. The Bertz CT molecular complexity index is 610. The minimum Gasteiger partial charge on any atom is -0.393 e. The molecule has 0 fully saturated rings. The molecule has 3 nitrogen and oxygen atoms in total. The minimum absolute atomic E-state index is 0.0569. The lowest BCUT2D eigenvalue weighted by molar-refractivity contribution is 0.567. The van der Waals surface area contributed by atoms with Gasteiger partial charge in [-0.1, -0.05) is 44.6 Å². The first-order valence-corrected chi connectivity index (χ1v) is 6.53. The van der Waals surface area contributed by atoms with Gasteiger partial charge >= 0.3 is 0 Å². The molecule has 0 aromatic carbocycles. The Balaban J connectivity index is 2.73. The number of nitrogens with two attached hydrogens (primary N) is 1. The van der Waals surface area contributed by atoms with Crippen LogP contribution < -0.4 is 5.73 Å². The summed E-state index contributed by atoms with van der Waals surface area (Å²) in [4.78, 5) is 5.13. The van der Waals surface area contributed by atoms with Crippen molar-refractivity contribution in [2.45, 2.75) is 32.6 Å². The van der Waals surface area contributed by atoms with E-state index in [2.05, 4.69) is 25.8 Å². The number of fused-ring (bicyclic) bond motifs is 1. The molecule has 2 N–H and O–H groups in total. The van der Waals surface area contributed by atoms with Gasteiger partial charge in [0.15, 0.2) is 0 Å². The summed E-state index contributed by atoms with van der Waals surface area (Å²) in [5, 5.41) is 0.671. The second-order valence-electron chi connectivity index (χ2n) is 5.38. The predicted octanol–water partition coefficient (Wildman–Crippen LogP) is 3.11. The predicted molar refractivity (Wildman–Crippen MR) is 79.4 cm³/mol. The van der Waals surface area contributed by atoms with Gasteiger partial charge in [-0.25, -0.2) is 4.98 Å². The van der Waals surface area contributed by atoms with Crippen LogP contribution in [0, 0.1) is 0 Å². The molecule has 0 unspecified atom stereocenters. The van der Waals surface area contributed by atoms with Gasteiger partial charge in [0.05, 0.1) is 21.4 Å². The fraction of sp³-hybridized carbons (Fsp3) is 0.385. The number of hydrogen-bond acceptors (Lipinski definition) is 2. The SMILES string of the molecule is CC(C)(C)c1nc2ccc(Cl)cn2c1CC(N)=S. The quantitative estimate of drug-likeness (QED) is 0.860. The van der Waals surface area contributed by atoms with Crippen molar-refractivity contribution in [3.05, 3.63) is 34.7 Å². The normalized spacial score (nSPS) is 12.0. The van der Waals surface area contributed by atoms with Crippen LogP contribution in [0.25, 0.3) is 5.65 Å². The zero-order valence-electron chi connectivity index (χ0n) is 10.7. The summed E-state index contributed by atoms with van der Waals surface area (Å²) in [6.07, 6.45) is 2.39. The first kappa shape index (κ1) is 13.3. The van der Waals surface area contributed by atoms with Crippen molar-refractivity contribution in [1.82, 2.24) is 9.38 Å². The average molecular weight is 282 g/mol. The maximum atomic E-state index is 6.04. The summed E-state index contributed by atoms with van der Waals surface area (Å²) < 4.78 is 1.97. The lowest BCUT2D eigenvalue weighted by Crippen LogP contribution is -2.19. The molecule has 2 rings (SSSR count). The molecular formula is C13H16ClN3S. The number of nitrogens with zero attached hydrogens (tertiary/aromatic N) is 2. The summed E-state index contributed by atoms with van der Waals surface area (Å²) in [6.45, 7) is 6.37. The van der Waals surface area contributed by atoms with Crippen molar-refractivity contribution in [2.75, 3.05) is 0 Å². The Morgan fingerprint density at radius 3 is 2.67 bits per heavy atom. The molecule has 0 atom stereocenters. The van der Waals surface area contributed by atoms with E-state index in [9.17, 15) is 0 Å². The summed E-state index contributed by atoms with van der Waals surface area (Å²) in [5.74, 6) is 0. The van der Waals surface area contributed by atoms with Crippen molar-refractivity contribution >= 4 is 34.5 Å². The van der Waals surface area contributed by atoms with E-state index in [0.29, 0.717) is 16.4 Å². The van der Waals surface area contributed by atoms with Crippen LogP contribution >= 0.6 is 23.8 Å². The molecule has 96 valence electrons. The van der Waals surface area contributed by atoms with Crippen molar-refractivity contribution in [3.8, 4) is 0 Å². The third kappa shape index (κ3) is 2.49. The third-order valence-electron chi connectivity index (χ3n) is 2.73. The molecule has 0 aliphatic carbocycles. The fourth-order valence-corrected chi connectivity index (χ4v) is 2.30. The standard InChI is InChI=1S/C13H16ClN3S/c1-13(2,3)12-9(6-10(15)18)17-7-8(14)4-5-11(17)16-12/h4-5,7H,6H2,1-3H3,(H2,15,18). The summed E-state index contributed by atoms with van der Waals surface area (Å²) in [6, 6.07) is 3.74. The minimum atomic E-state index is -0.0569. The van der Waals surface area contributed by atoms with Gasteiger partial charge in [-0.15, -0.1) is 0 Å². The van der Waals surface area contributed by atoms with Crippen LogP contribution in [0.3, 0.4) is 0 Å². The molecular weight excluding hydrogens is 266 g/mol. The van der Waals surface area contributed by atoms with Crippen LogP contribution in [0.5, 0.6) is 0 Å². The van der Waals surface area contributed by atoms with E-state index in [1.807, 2.05) is 22.7 Å². The Kier molecular flexibility index (Phi) is 3.34. The third-order valence-corrected chi connectivity index (χ3v) is 3.10. The maximum absolute atomic E-state index is 6.04. The lowest BCUT2D eigenvalue weighted by Gasteiger charge is -2.17. The molecule has 0 amide bonds. The number of rotatable bonds is 2. The zero-order valence-corrected chi connectivity index (χ0v) is 12.3. The number of halogens is 1. The van der Waals surface area contributed by atoms with E-state index in [1.165, 1.54) is 0 Å². The van der Waals surface area contributed by atoms with Gasteiger partial charge in [-0.05, 0) is 12.1 Å². The molecule has 2 aromatic rings. The highest BCUT2D eigenvalue weighted by atomic mass is 35.5. The van der Waals surface area contributed by atoms with Crippen LogP contribution in [-0.4, -0.2) is 14.4 Å². The molecule has 0 aliphatic rings. The van der Waals surface area contributed by atoms with Crippen molar-refractivity contribution < 1.29 is 0 Å². The highest BCUT2D eigenvalue weighted by Crippen LogP contribution is 2.27.